The molecule has 1 atom stereocenters. The third-order valence-corrected chi connectivity index (χ3v) is 3.84. The molecule has 8 heteroatoms. The summed E-state index contributed by atoms with van der Waals surface area (Å²) in [5.74, 6) is -5.44. The lowest BCUT2D eigenvalue weighted by molar-refractivity contribution is -0.152. The van der Waals surface area contributed by atoms with Crippen LogP contribution in [0.5, 0.6) is 0 Å². The molecule has 0 heterocycles. The van der Waals surface area contributed by atoms with Crippen molar-refractivity contribution in [1.82, 2.24) is 0 Å². The van der Waals surface area contributed by atoms with Crippen LogP contribution in [0.15, 0.2) is 12.1 Å². The number of halogens is 5. The van der Waals surface area contributed by atoms with Crippen LogP contribution in [0.25, 0.3) is 0 Å². The van der Waals surface area contributed by atoms with Crippen LogP contribution in [0.4, 0.5) is 27.6 Å². The second kappa shape index (κ2) is 6.10. The van der Waals surface area contributed by atoms with Gasteiger partial charge in [0.15, 0.2) is 5.82 Å². The summed E-state index contributed by atoms with van der Waals surface area (Å²) in [7, 11) is 0. The van der Waals surface area contributed by atoms with Gasteiger partial charge < -0.3 is 10.4 Å². The highest BCUT2D eigenvalue weighted by molar-refractivity contribution is 5.89. The lowest BCUT2D eigenvalue weighted by Crippen LogP contribution is -2.42. The average molecular weight is 323 g/mol. The van der Waals surface area contributed by atoms with Gasteiger partial charge in [-0.3, -0.25) is 0 Å². The highest BCUT2D eigenvalue weighted by Crippen LogP contribution is 2.38. The molecular weight excluding hydrogens is 309 g/mol. The predicted molar refractivity (Wildman–Crippen MR) is 68.7 cm³/mol. The van der Waals surface area contributed by atoms with E-state index in [1.807, 2.05) is 5.32 Å². The zero-order valence-corrected chi connectivity index (χ0v) is 11.4. The summed E-state index contributed by atoms with van der Waals surface area (Å²) in [4.78, 5) is 10.8. The van der Waals surface area contributed by atoms with E-state index in [1.165, 1.54) is 0 Å². The van der Waals surface area contributed by atoms with Gasteiger partial charge in [-0.15, -0.1) is 0 Å². The van der Waals surface area contributed by atoms with Crippen LogP contribution >= 0.6 is 0 Å². The quantitative estimate of drug-likeness (QED) is 0.817. The first kappa shape index (κ1) is 16.5. The van der Waals surface area contributed by atoms with Crippen molar-refractivity contribution >= 4 is 11.7 Å². The largest absolute Gasteiger partial charge is 0.477 e. The van der Waals surface area contributed by atoms with Gasteiger partial charge in [0.2, 0.25) is 0 Å². The normalized spacial score (nSPS) is 17.5. The van der Waals surface area contributed by atoms with Crippen LogP contribution < -0.4 is 5.32 Å². The lowest BCUT2D eigenvalue weighted by Gasteiger charge is -2.28. The van der Waals surface area contributed by atoms with Crippen molar-refractivity contribution in [2.75, 3.05) is 5.32 Å². The number of nitrogens with one attached hydrogen (secondary N) is 1. The molecule has 1 saturated carbocycles. The van der Waals surface area contributed by atoms with Crippen LogP contribution in [-0.2, 0) is 0 Å². The topological polar surface area (TPSA) is 49.3 Å². The molecule has 0 saturated heterocycles. The fourth-order valence-corrected chi connectivity index (χ4v) is 2.79. The number of carboxylic acids is 1. The van der Waals surface area contributed by atoms with Gasteiger partial charge in [-0.1, -0.05) is 12.8 Å². The lowest BCUT2D eigenvalue weighted by atomic mass is 9.97. The van der Waals surface area contributed by atoms with Gasteiger partial charge >= 0.3 is 12.1 Å². The van der Waals surface area contributed by atoms with Crippen LogP contribution in [0.2, 0.25) is 0 Å². The number of carboxylic acid groups (broad SMARTS) is 1. The van der Waals surface area contributed by atoms with Gasteiger partial charge in [0, 0.05) is 0 Å². The molecule has 0 aliphatic heterocycles. The van der Waals surface area contributed by atoms with Gasteiger partial charge in [-0.25, -0.2) is 13.6 Å². The van der Waals surface area contributed by atoms with Crippen molar-refractivity contribution in [2.24, 2.45) is 5.92 Å². The Labute approximate surface area is 123 Å². The molecule has 0 radical (unpaired) electrons. The van der Waals surface area contributed by atoms with Crippen LogP contribution in [0.1, 0.15) is 36.0 Å². The number of benzene rings is 1. The molecule has 1 aliphatic rings. The molecule has 1 aromatic carbocycles. The third-order valence-electron chi connectivity index (χ3n) is 3.84. The van der Waals surface area contributed by atoms with E-state index < -0.39 is 47.0 Å². The van der Waals surface area contributed by atoms with E-state index >= 15 is 0 Å². The summed E-state index contributed by atoms with van der Waals surface area (Å²) in [6.07, 6.45) is -2.59. The molecule has 0 aromatic heterocycles. The van der Waals surface area contributed by atoms with Crippen molar-refractivity contribution in [3.63, 3.8) is 0 Å². The number of carbonyl (C=O) groups is 1. The summed E-state index contributed by atoms with van der Waals surface area (Å²) in [6.45, 7) is 0. The van der Waals surface area contributed by atoms with Gasteiger partial charge in [0.05, 0.1) is 5.69 Å². The van der Waals surface area contributed by atoms with Crippen LogP contribution in [-0.4, -0.2) is 23.3 Å². The van der Waals surface area contributed by atoms with Gasteiger partial charge in [-0.05, 0) is 30.9 Å². The third kappa shape index (κ3) is 3.31. The highest BCUT2D eigenvalue weighted by atomic mass is 19.4. The molecule has 1 fully saturated rings. The first-order valence-electron chi connectivity index (χ1n) is 6.76. The monoisotopic (exact) mass is 323 g/mol. The van der Waals surface area contributed by atoms with Crippen molar-refractivity contribution < 1.29 is 31.9 Å². The second-order valence-corrected chi connectivity index (χ2v) is 5.30. The van der Waals surface area contributed by atoms with Gasteiger partial charge in [-0.2, -0.15) is 13.2 Å². The molecule has 122 valence electrons. The number of anilines is 1. The number of hydrogen-bond acceptors (Lipinski definition) is 2. The Morgan fingerprint density at radius 2 is 1.82 bits per heavy atom. The summed E-state index contributed by atoms with van der Waals surface area (Å²) in [6, 6.07) is -0.571. The Balaban J connectivity index is 2.34. The van der Waals surface area contributed by atoms with Gasteiger partial charge in [0.1, 0.15) is 17.4 Å². The highest BCUT2D eigenvalue weighted by Gasteiger charge is 2.45. The standard InChI is InChI=1S/C14H14F5NO2/c15-8-5-6-9(11(16)10(8)13(21)22)20-12(14(17,18)19)7-3-1-2-4-7/h5-7,12,20H,1-4H2,(H,21,22). The van der Waals surface area contributed by atoms with Gasteiger partial charge in [0.25, 0.3) is 0 Å². The molecule has 22 heavy (non-hydrogen) atoms. The molecular formula is C14H14F5NO2. The summed E-state index contributed by atoms with van der Waals surface area (Å²) >= 11 is 0. The number of hydrogen-bond donors (Lipinski definition) is 2. The van der Waals surface area contributed by atoms with Crippen molar-refractivity contribution in [2.45, 2.75) is 37.9 Å². The maximum atomic E-state index is 14.0. The Morgan fingerprint density at radius 1 is 1.23 bits per heavy atom. The molecule has 3 nitrogen and oxygen atoms in total. The zero-order chi connectivity index (χ0) is 16.5. The number of alkyl halides is 3. The molecule has 0 amide bonds. The molecule has 1 aromatic rings. The molecule has 1 unspecified atom stereocenters. The maximum absolute atomic E-state index is 14.0. The molecule has 0 spiro atoms. The molecule has 2 rings (SSSR count). The van der Waals surface area contributed by atoms with Crippen molar-refractivity contribution in [3.05, 3.63) is 29.3 Å². The van der Waals surface area contributed by atoms with E-state index in [9.17, 15) is 26.7 Å². The summed E-state index contributed by atoms with van der Waals surface area (Å²) in [5, 5.41) is 10.8. The van der Waals surface area contributed by atoms with E-state index in [0.29, 0.717) is 31.7 Å². The van der Waals surface area contributed by atoms with E-state index in [0.717, 1.165) is 6.07 Å². The zero-order valence-electron chi connectivity index (χ0n) is 11.4. The predicted octanol–water partition coefficient (Wildman–Crippen LogP) is 4.20. The minimum atomic E-state index is -4.61. The minimum Gasteiger partial charge on any atom is -0.477 e. The fraction of sp³-hybridized carbons (Fsp3) is 0.500. The Morgan fingerprint density at radius 3 is 2.32 bits per heavy atom. The van der Waals surface area contributed by atoms with Crippen molar-refractivity contribution in [1.29, 1.82) is 0 Å². The second-order valence-electron chi connectivity index (χ2n) is 5.30. The van der Waals surface area contributed by atoms with E-state index in [1.54, 1.807) is 0 Å². The number of rotatable bonds is 4. The first-order chi connectivity index (χ1) is 10.2. The van der Waals surface area contributed by atoms with E-state index in [4.69, 9.17) is 5.11 Å². The van der Waals surface area contributed by atoms with Crippen molar-refractivity contribution in [3.8, 4) is 0 Å². The smallest absolute Gasteiger partial charge is 0.408 e. The Hall–Kier alpha value is -1.86. The molecule has 2 N–H and O–H groups in total. The average Bonchev–Trinajstić information content (AvgIpc) is 2.89. The summed E-state index contributed by atoms with van der Waals surface area (Å²) < 4.78 is 66.7. The van der Waals surface area contributed by atoms with E-state index in [-0.39, 0.29) is 0 Å². The molecule has 0 bridgehead atoms. The maximum Gasteiger partial charge on any atom is 0.408 e. The minimum absolute atomic E-state index is 0.353. The van der Waals surface area contributed by atoms with E-state index in [2.05, 4.69) is 0 Å². The number of aromatic carboxylic acids is 1. The summed E-state index contributed by atoms with van der Waals surface area (Å²) in [5.41, 5.74) is -1.93. The van der Waals surface area contributed by atoms with Crippen LogP contribution in [0.3, 0.4) is 0 Å². The SMILES string of the molecule is O=C(O)c1c(F)ccc(NC(C2CCCC2)C(F)(F)F)c1F. The Kier molecular flexibility index (Phi) is 4.58. The van der Waals surface area contributed by atoms with Crippen LogP contribution in [0, 0.1) is 17.6 Å². The fourth-order valence-electron chi connectivity index (χ4n) is 2.79. The Bertz CT molecular complexity index is 567. The first-order valence-corrected chi connectivity index (χ1v) is 6.76. The molecule has 1 aliphatic carbocycles.